The van der Waals surface area contributed by atoms with Crippen LogP contribution in [0, 0.1) is 0 Å². The Bertz CT molecular complexity index is 609. The molecule has 0 atom stereocenters. The zero-order chi connectivity index (χ0) is 16.4. The highest BCUT2D eigenvalue weighted by atomic mass is 16.6. The zero-order valence-corrected chi connectivity index (χ0v) is 12.7. The number of ether oxygens (including phenoxy) is 2. The first kappa shape index (κ1) is 15.1. The monoisotopic (exact) mass is 319 g/mol. The van der Waals surface area contributed by atoms with Gasteiger partial charge in [0.05, 0.1) is 12.6 Å². The van der Waals surface area contributed by atoms with Crippen molar-refractivity contribution < 1.29 is 23.9 Å². The second-order valence-corrected chi connectivity index (χ2v) is 5.26. The number of hydrogen-bond donors (Lipinski definition) is 1. The van der Waals surface area contributed by atoms with E-state index in [1.165, 1.54) is 4.90 Å². The lowest BCUT2D eigenvalue weighted by molar-refractivity contribution is -0.129. The van der Waals surface area contributed by atoms with E-state index in [-0.39, 0.29) is 24.6 Å². The summed E-state index contributed by atoms with van der Waals surface area (Å²) in [5.41, 5.74) is 0.651. The van der Waals surface area contributed by atoms with E-state index in [1.807, 2.05) is 6.92 Å². The van der Waals surface area contributed by atoms with Crippen molar-refractivity contribution in [1.82, 2.24) is 9.80 Å². The standard InChI is InChI=1S/C15H17N3O5/c1-2-22-12-5-3-10(4-6-12)16-14(20)17-7-11(8-17)18-13(19)9-23-15(18)21/h3-6,11H,2,7-9H2,1H3,(H,16,20). The molecule has 1 N–H and O–H groups in total. The van der Waals surface area contributed by atoms with Gasteiger partial charge in [-0.25, -0.2) is 14.5 Å². The molecule has 122 valence electrons. The van der Waals surface area contributed by atoms with Crippen LogP contribution >= 0.6 is 0 Å². The molecule has 2 aliphatic rings. The van der Waals surface area contributed by atoms with Crippen molar-refractivity contribution in [2.75, 3.05) is 31.6 Å². The lowest BCUT2D eigenvalue weighted by atomic mass is 10.1. The van der Waals surface area contributed by atoms with Gasteiger partial charge in [0.15, 0.2) is 6.61 Å². The van der Waals surface area contributed by atoms with Crippen molar-refractivity contribution in [3.05, 3.63) is 24.3 Å². The predicted molar refractivity (Wildman–Crippen MR) is 80.2 cm³/mol. The van der Waals surface area contributed by atoms with Crippen molar-refractivity contribution in [2.24, 2.45) is 0 Å². The van der Waals surface area contributed by atoms with Crippen LogP contribution in [0.15, 0.2) is 24.3 Å². The van der Waals surface area contributed by atoms with Gasteiger partial charge in [-0.3, -0.25) is 4.79 Å². The molecule has 0 saturated carbocycles. The average Bonchev–Trinajstić information content (AvgIpc) is 2.80. The highest BCUT2D eigenvalue weighted by molar-refractivity contribution is 5.98. The van der Waals surface area contributed by atoms with Gasteiger partial charge in [-0.2, -0.15) is 0 Å². The molecule has 0 aliphatic carbocycles. The van der Waals surface area contributed by atoms with E-state index in [0.717, 1.165) is 10.6 Å². The molecule has 1 aromatic rings. The Labute approximate surface area is 132 Å². The molecule has 0 unspecified atom stereocenters. The fourth-order valence-electron chi connectivity index (χ4n) is 2.51. The summed E-state index contributed by atoms with van der Waals surface area (Å²) in [4.78, 5) is 37.6. The number of likely N-dealkylation sites (tertiary alicyclic amines) is 1. The van der Waals surface area contributed by atoms with E-state index in [9.17, 15) is 14.4 Å². The van der Waals surface area contributed by atoms with Crippen molar-refractivity contribution in [1.29, 1.82) is 0 Å². The molecule has 2 heterocycles. The molecule has 8 heteroatoms. The normalized spacial score (nSPS) is 17.8. The maximum atomic E-state index is 12.1. The van der Waals surface area contributed by atoms with E-state index in [0.29, 0.717) is 25.4 Å². The molecule has 2 saturated heterocycles. The summed E-state index contributed by atoms with van der Waals surface area (Å²) in [6.07, 6.45) is -0.633. The third-order valence-electron chi connectivity index (χ3n) is 3.72. The first-order valence-corrected chi connectivity index (χ1v) is 7.36. The first-order chi connectivity index (χ1) is 11.1. The molecular formula is C15H17N3O5. The van der Waals surface area contributed by atoms with Gasteiger partial charge in [0.25, 0.3) is 5.91 Å². The number of urea groups is 1. The van der Waals surface area contributed by atoms with E-state index < -0.39 is 6.09 Å². The molecular weight excluding hydrogens is 302 g/mol. The van der Waals surface area contributed by atoms with Crippen LogP contribution in [0.5, 0.6) is 5.75 Å². The Morgan fingerprint density at radius 1 is 1.30 bits per heavy atom. The largest absolute Gasteiger partial charge is 0.494 e. The van der Waals surface area contributed by atoms with Crippen LogP contribution < -0.4 is 10.1 Å². The van der Waals surface area contributed by atoms with Crippen LogP contribution in [0.3, 0.4) is 0 Å². The highest BCUT2D eigenvalue weighted by Gasteiger charge is 2.44. The number of carbonyl (C=O) groups is 3. The van der Waals surface area contributed by atoms with Crippen molar-refractivity contribution in [3.8, 4) is 5.75 Å². The van der Waals surface area contributed by atoms with Gasteiger partial charge in [0, 0.05) is 18.8 Å². The minimum absolute atomic E-state index is 0.215. The molecule has 23 heavy (non-hydrogen) atoms. The number of nitrogens with one attached hydrogen (secondary N) is 1. The fraction of sp³-hybridized carbons (Fsp3) is 0.400. The number of imide groups is 1. The fourth-order valence-corrected chi connectivity index (χ4v) is 2.51. The van der Waals surface area contributed by atoms with Gasteiger partial charge in [-0.05, 0) is 31.2 Å². The number of benzene rings is 1. The minimum Gasteiger partial charge on any atom is -0.494 e. The summed E-state index contributed by atoms with van der Waals surface area (Å²) < 4.78 is 10.00. The molecule has 0 bridgehead atoms. The number of anilines is 1. The van der Waals surface area contributed by atoms with Crippen LogP contribution in [-0.2, 0) is 9.53 Å². The maximum absolute atomic E-state index is 12.1. The Balaban J connectivity index is 1.51. The maximum Gasteiger partial charge on any atom is 0.417 e. The van der Waals surface area contributed by atoms with E-state index in [1.54, 1.807) is 24.3 Å². The van der Waals surface area contributed by atoms with Gasteiger partial charge < -0.3 is 19.7 Å². The van der Waals surface area contributed by atoms with Gasteiger partial charge in [0.2, 0.25) is 0 Å². The van der Waals surface area contributed by atoms with Crippen LogP contribution in [-0.4, -0.2) is 60.2 Å². The van der Waals surface area contributed by atoms with E-state index >= 15 is 0 Å². The molecule has 0 aromatic heterocycles. The Morgan fingerprint density at radius 2 is 2.00 bits per heavy atom. The van der Waals surface area contributed by atoms with Crippen LogP contribution in [0.25, 0.3) is 0 Å². The summed E-state index contributed by atoms with van der Waals surface area (Å²) in [5.74, 6) is 0.382. The highest BCUT2D eigenvalue weighted by Crippen LogP contribution is 2.21. The number of rotatable bonds is 4. The van der Waals surface area contributed by atoms with Crippen molar-refractivity contribution in [2.45, 2.75) is 13.0 Å². The molecule has 4 amide bonds. The van der Waals surface area contributed by atoms with Crippen LogP contribution in [0.4, 0.5) is 15.3 Å². The quantitative estimate of drug-likeness (QED) is 0.903. The SMILES string of the molecule is CCOc1ccc(NC(=O)N2CC(N3C(=O)COC3=O)C2)cc1. The predicted octanol–water partition coefficient (Wildman–Crippen LogP) is 1.28. The second kappa shape index (κ2) is 6.15. The number of carbonyl (C=O) groups excluding carboxylic acids is 3. The number of hydrogen-bond acceptors (Lipinski definition) is 5. The Morgan fingerprint density at radius 3 is 2.57 bits per heavy atom. The van der Waals surface area contributed by atoms with Crippen LogP contribution in [0.1, 0.15) is 6.92 Å². The average molecular weight is 319 g/mol. The van der Waals surface area contributed by atoms with E-state index in [4.69, 9.17) is 4.74 Å². The molecule has 3 rings (SSSR count). The minimum atomic E-state index is -0.633. The van der Waals surface area contributed by atoms with Gasteiger partial charge in [0.1, 0.15) is 5.75 Å². The number of cyclic esters (lactones) is 1. The number of nitrogens with zero attached hydrogens (tertiary/aromatic N) is 2. The smallest absolute Gasteiger partial charge is 0.417 e. The summed E-state index contributed by atoms with van der Waals surface area (Å²) in [5, 5.41) is 2.76. The number of amides is 4. The molecule has 0 spiro atoms. The summed E-state index contributed by atoms with van der Waals surface area (Å²) >= 11 is 0. The van der Waals surface area contributed by atoms with Crippen molar-refractivity contribution >= 4 is 23.7 Å². The lowest BCUT2D eigenvalue weighted by Crippen LogP contribution is -2.63. The molecule has 2 aliphatic heterocycles. The first-order valence-electron chi connectivity index (χ1n) is 7.36. The molecule has 8 nitrogen and oxygen atoms in total. The van der Waals surface area contributed by atoms with Crippen LogP contribution in [0.2, 0.25) is 0 Å². The third kappa shape index (κ3) is 3.05. The molecule has 2 fully saturated rings. The Hall–Kier alpha value is -2.77. The van der Waals surface area contributed by atoms with Gasteiger partial charge in [-0.15, -0.1) is 0 Å². The molecule has 1 aromatic carbocycles. The molecule has 0 radical (unpaired) electrons. The summed E-state index contributed by atoms with van der Waals surface area (Å²) in [6.45, 7) is 2.89. The van der Waals surface area contributed by atoms with E-state index in [2.05, 4.69) is 10.1 Å². The Kier molecular flexibility index (Phi) is 4.05. The second-order valence-electron chi connectivity index (χ2n) is 5.26. The summed E-state index contributed by atoms with van der Waals surface area (Å²) in [7, 11) is 0. The van der Waals surface area contributed by atoms with Gasteiger partial charge >= 0.3 is 12.1 Å². The van der Waals surface area contributed by atoms with Crippen molar-refractivity contribution in [3.63, 3.8) is 0 Å². The zero-order valence-electron chi connectivity index (χ0n) is 12.7. The third-order valence-corrected chi connectivity index (χ3v) is 3.72. The lowest BCUT2D eigenvalue weighted by Gasteiger charge is -2.41. The topological polar surface area (TPSA) is 88.2 Å². The van der Waals surface area contributed by atoms with Gasteiger partial charge in [-0.1, -0.05) is 0 Å². The summed E-state index contributed by atoms with van der Waals surface area (Å²) in [6, 6.07) is 6.48.